The summed E-state index contributed by atoms with van der Waals surface area (Å²) in [7, 11) is 3.58. The van der Waals surface area contributed by atoms with Crippen molar-refractivity contribution in [3.8, 4) is 11.4 Å². The molecule has 0 saturated heterocycles. The van der Waals surface area contributed by atoms with Gasteiger partial charge in [0, 0.05) is 28.9 Å². The average molecular weight is 294 g/mol. The van der Waals surface area contributed by atoms with E-state index < -0.39 is 0 Å². The molecule has 0 spiro atoms. The quantitative estimate of drug-likeness (QED) is 0.941. The minimum absolute atomic E-state index is 0.697. The van der Waals surface area contributed by atoms with Crippen molar-refractivity contribution in [2.75, 3.05) is 14.2 Å². The molecule has 0 fully saturated rings. The summed E-state index contributed by atoms with van der Waals surface area (Å²) in [6, 6.07) is 3.84. The third-order valence-corrected chi connectivity index (χ3v) is 3.89. The molecule has 1 aromatic heterocycles. The van der Waals surface area contributed by atoms with Gasteiger partial charge in [0.15, 0.2) is 0 Å². The number of nitrogens with zero attached hydrogens (tertiary/aromatic N) is 2. The molecule has 0 aliphatic carbocycles. The molecule has 0 atom stereocenters. The summed E-state index contributed by atoms with van der Waals surface area (Å²) >= 11 is 6.16. The van der Waals surface area contributed by atoms with E-state index in [-0.39, 0.29) is 0 Å². The molecule has 0 amide bonds. The van der Waals surface area contributed by atoms with Crippen LogP contribution in [0.1, 0.15) is 22.5 Å². The minimum atomic E-state index is 0.697. The Morgan fingerprint density at radius 1 is 1.30 bits per heavy atom. The van der Waals surface area contributed by atoms with Crippen LogP contribution in [0.4, 0.5) is 0 Å². The molecule has 0 saturated carbocycles. The van der Waals surface area contributed by atoms with E-state index in [4.69, 9.17) is 16.3 Å². The van der Waals surface area contributed by atoms with E-state index in [0.717, 1.165) is 34.9 Å². The van der Waals surface area contributed by atoms with Gasteiger partial charge in [0.2, 0.25) is 0 Å². The third-order valence-electron chi connectivity index (χ3n) is 3.48. The lowest BCUT2D eigenvalue weighted by Gasteiger charge is -2.12. The van der Waals surface area contributed by atoms with Crippen LogP contribution in [0.3, 0.4) is 0 Å². The van der Waals surface area contributed by atoms with Gasteiger partial charge in [-0.25, -0.2) is 4.68 Å². The van der Waals surface area contributed by atoms with Gasteiger partial charge in [-0.05, 0) is 39.4 Å². The standard InChI is InChI=1S/C15H20ClN3O/c1-9-6-14(15(20-5)7-13(9)16)19-11(3)12(8-17-4)10(2)18-19/h6-7,17H,8H2,1-5H3. The number of aromatic nitrogens is 2. The topological polar surface area (TPSA) is 39.1 Å². The molecule has 4 nitrogen and oxygen atoms in total. The molecule has 2 aromatic rings. The Hall–Kier alpha value is -1.52. The smallest absolute Gasteiger partial charge is 0.146 e. The van der Waals surface area contributed by atoms with E-state index in [9.17, 15) is 0 Å². The highest BCUT2D eigenvalue weighted by atomic mass is 35.5. The molecule has 1 heterocycles. The van der Waals surface area contributed by atoms with E-state index in [0.29, 0.717) is 5.02 Å². The van der Waals surface area contributed by atoms with Crippen LogP contribution in [0, 0.1) is 20.8 Å². The van der Waals surface area contributed by atoms with Crippen molar-refractivity contribution in [2.45, 2.75) is 27.3 Å². The van der Waals surface area contributed by atoms with Crippen LogP contribution >= 0.6 is 11.6 Å². The summed E-state index contributed by atoms with van der Waals surface area (Å²) in [5, 5.41) is 8.50. The summed E-state index contributed by atoms with van der Waals surface area (Å²) in [4.78, 5) is 0. The molecule has 0 radical (unpaired) electrons. The lowest BCUT2D eigenvalue weighted by atomic mass is 10.1. The predicted octanol–water partition coefficient (Wildman–Crippen LogP) is 3.18. The van der Waals surface area contributed by atoms with Crippen molar-refractivity contribution in [1.82, 2.24) is 15.1 Å². The second-order valence-electron chi connectivity index (χ2n) is 4.86. The average Bonchev–Trinajstić information content (AvgIpc) is 2.69. The summed E-state index contributed by atoms with van der Waals surface area (Å²) in [6.07, 6.45) is 0. The first kappa shape index (κ1) is 14.9. The van der Waals surface area contributed by atoms with E-state index >= 15 is 0 Å². The van der Waals surface area contributed by atoms with Crippen molar-refractivity contribution in [3.05, 3.63) is 39.7 Å². The van der Waals surface area contributed by atoms with Crippen molar-refractivity contribution in [1.29, 1.82) is 0 Å². The largest absolute Gasteiger partial charge is 0.494 e. The van der Waals surface area contributed by atoms with Gasteiger partial charge >= 0.3 is 0 Å². The molecule has 0 aliphatic heterocycles. The number of halogens is 1. The normalized spacial score (nSPS) is 10.9. The van der Waals surface area contributed by atoms with Crippen LogP contribution in [-0.2, 0) is 6.54 Å². The number of ether oxygens (including phenoxy) is 1. The lowest BCUT2D eigenvalue weighted by Crippen LogP contribution is -2.08. The van der Waals surface area contributed by atoms with Crippen molar-refractivity contribution >= 4 is 11.6 Å². The van der Waals surface area contributed by atoms with E-state index in [1.165, 1.54) is 5.56 Å². The van der Waals surface area contributed by atoms with Gasteiger partial charge < -0.3 is 10.1 Å². The number of hydrogen-bond acceptors (Lipinski definition) is 3. The molecule has 0 unspecified atom stereocenters. The number of aryl methyl sites for hydroxylation is 2. The second-order valence-corrected chi connectivity index (χ2v) is 5.27. The van der Waals surface area contributed by atoms with Gasteiger partial charge in [-0.1, -0.05) is 11.6 Å². The molecule has 1 N–H and O–H groups in total. The summed E-state index contributed by atoms with van der Waals surface area (Å²) < 4.78 is 7.36. The Bertz CT molecular complexity index is 635. The second kappa shape index (κ2) is 5.85. The Kier molecular flexibility index (Phi) is 4.35. The van der Waals surface area contributed by atoms with Gasteiger partial charge in [0.1, 0.15) is 11.4 Å². The maximum Gasteiger partial charge on any atom is 0.146 e. The monoisotopic (exact) mass is 293 g/mol. The number of benzene rings is 1. The highest BCUT2D eigenvalue weighted by Gasteiger charge is 2.16. The van der Waals surface area contributed by atoms with Gasteiger partial charge in [-0.15, -0.1) is 0 Å². The third kappa shape index (κ3) is 2.53. The predicted molar refractivity (Wildman–Crippen MR) is 82.1 cm³/mol. The number of methoxy groups -OCH3 is 1. The van der Waals surface area contributed by atoms with Crippen LogP contribution in [0.15, 0.2) is 12.1 Å². The Morgan fingerprint density at radius 3 is 2.60 bits per heavy atom. The zero-order chi connectivity index (χ0) is 14.9. The molecule has 108 valence electrons. The van der Waals surface area contributed by atoms with E-state index in [2.05, 4.69) is 17.3 Å². The Morgan fingerprint density at radius 2 is 2.00 bits per heavy atom. The summed E-state index contributed by atoms with van der Waals surface area (Å²) in [5.41, 5.74) is 5.26. The summed E-state index contributed by atoms with van der Waals surface area (Å²) in [5.74, 6) is 0.724. The van der Waals surface area contributed by atoms with Gasteiger partial charge in [0.05, 0.1) is 12.8 Å². The van der Waals surface area contributed by atoms with Crippen molar-refractivity contribution < 1.29 is 4.74 Å². The van der Waals surface area contributed by atoms with Crippen LogP contribution in [0.5, 0.6) is 5.75 Å². The van der Waals surface area contributed by atoms with Crippen molar-refractivity contribution in [3.63, 3.8) is 0 Å². The van der Waals surface area contributed by atoms with Crippen LogP contribution in [0.25, 0.3) is 5.69 Å². The number of hydrogen-bond donors (Lipinski definition) is 1. The van der Waals surface area contributed by atoms with Crippen LogP contribution in [0.2, 0.25) is 5.02 Å². The number of nitrogens with one attached hydrogen (secondary N) is 1. The fraction of sp³-hybridized carbons (Fsp3) is 0.400. The van der Waals surface area contributed by atoms with Crippen LogP contribution in [-0.4, -0.2) is 23.9 Å². The molecule has 1 aromatic carbocycles. The van der Waals surface area contributed by atoms with Crippen molar-refractivity contribution in [2.24, 2.45) is 0 Å². The first-order valence-corrected chi connectivity index (χ1v) is 6.91. The van der Waals surface area contributed by atoms with Crippen LogP contribution < -0.4 is 10.1 Å². The van der Waals surface area contributed by atoms with Gasteiger partial charge in [-0.2, -0.15) is 5.10 Å². The Balaban J connectivity index is 2.62. The van der Waals surface area contributed by atoms with Gasteiger partial charge in [0.25, 0.3) is 0 Å². The minimum Gasteiger partial charge on any atom is -0.494 e. The Labute approximate surface area is 124 Å². The fourth-order valence-electron chi connectivity index (χ4n) is 2.32. The SMILES string of the molecule is CNCc1c(C)nn(-c2cc(C)c(Cl)cc2OC)c1C. The van der Waals surface area contributed by atoms with Gasteiger partial charge in [-0.3, -0.25) is 0 Å². The maximum absolute atomic E-state index is 6.16. The molecule has 0 bridgehead atoms. The molecule has 5 heteroatoms. The van der Waals surface area contributed by atoms with E-state index in [1.807, 2.05) is 37.7 Å². The molecular weight excluding hydrogens is 274 g/mol. The highest BCUT2D eigenvalue weighted by Crippen LogP contribution is 2.31. The molecular formula is C15H20ClN3O. The highest BCUT2D eigenvalue weighted by molar-refractivity contribution is 6.31. The first-order chi connectivity index (χ1) is 9.49. The molecule has 0 aliphatic rings. The maximum atomic E-state index is 6.16. The molecule has 2 rings (SSSR count). The fourth-order valence-corrected chi connectivity index (χ4v) is 2.47. The number of rotatable bonds is 4. The zero-order valence-corrected chi connectivity index (χ0v) is 13.3. The lowest BCUT2D eigenvalue weighted by molar-refractivity contribution is 0.411. The van der Waals surface area contributed by atoms with E-state index in [1.54, 1.807) is 7.11 Å². The first-order valence-electron chi connectivity index (χ1n) is 6.53. The summed E-state index contributed by atoms with van der Waals surface area (Å²) in [6.45, 7) is 6.86. The molecule has 20 heavy (non-hydrogen) atoms. The zero-order valence-electron chi connectivity index (χ0n) is 12.5.